The molecule has 0 aliphatic heterocycles. The molecule has 0 radical (unpaired) electrons. The van der Waals surface area contributed by atoms with E-state index in [0.29, 0.717) is 12.0 Å². The van der Waals surface area contributed by atoms with Gasteiger partial charge in [0.05, 0.1) is 18.2 Å². The monoisotopic (exact) mass is 281 g/mol. The Morgan fingerprint density at radius 2 is 2.32 bits per heavy atom. The second-order valence-corrected chi connectivity index (χ2v) is 5.11. The van der Waals surface area contributed by atoms with E-state index < -0.39 is 0 Å². The van der Waals surface area contributed by atoms with Gasteiger partial charge >= 0.3 is 0 Å². The molecule has 3 N–H and O–H groups in total. The minimum atomic E-state index is -0.388. The second kappa shape index (κ2) is 6.10. The van der Waals surface area contributed by atoms with Crippen molar-refractivity contribution in [2.75, 3.05) is 7.11 Å². The number of halogens is 1. The Morgan fingerprint density at radius 1 is 1.53 bits per heavy atom. The molecule has 4 nitrogen and oxygen atoms in total. The minimum Gasteiger partial charge on any atom is -0.494 e. The smallest absolute Gasteiger partial charge is 0.169 e. The number of hydrazine groups is 1. The van der Waals surface area contributed by atoms with E-state index in [1.165, 1.54) is 7.11 Å². The first-order valence-electron chi connectivity index (χ1n) is 5.85. The van der Waals surface area contributed by atoms with Gasteiger partial charge in [-0.3, -0.25) is 11.3 Å². The summed E-state index contributed by atoms with van der Waals surface area (Å²) in [6.07, 6.45) is 0.541. The molecule has 1 aromatic carbocycles. The third-order valence-corrected chi connectivity index (χ3v) is 3.82. The van der Waals surface area contributed by atoms with Gasteiger partial charge in [0.15, 0.2) is 11.6 Å². The molecular formula is C13H16FN3OS. The fourth-order valence-corrected chi connectivity index (χ4v) is 2.70. The van der Waals surface area contributed by atoms with Crippen LogP contribution in [0.4, 0.5) is 4.39 Å². The lowest BCUT2D eigenvalue weighted by Gasteiger charge is -2.17. The molecule has 2 aromatic rings. The molecule has 0 aliphatic carbocycles. The molecule has 102 valence electrons. The van der Waals surface area contributed by atoms with Crippen LogP contribution in [-0.4, -0.2) is 12.1 Å². The lowest BCUT2D eigenvalue weighted by atomic mass is 10.0. The quantitative estimate of drug-likeness (QED) is 0.652. The van der Waals surface area contributed by atoms with Crippen LogP contribution in [0, 0.1) is 12.7 Å². The number of hydrogen-bond donors (Lipinski definition) is 2. The first-order valence-corrected chi connectivity index (χ1v) is 6.73. The van der Waals surface area contributed by atoms with Crippen LogP contribution in [0.2, 0.25) is 0 Å². The van der Waals surface area contributed by atoms with Crippen molar-refractivity contribution in [1.29, 1.82) is 0 Å². The number of ether oxygens (including phenoxy) is 1. The fraction of sp³-hybridized carbons (Fsp3) is 0.308. The number of thiazole rings is 1. The number of nitrogens with zero attached hydrogens (tertiary/aromatic N) is 1. The fourth-order valence-electron chi connectivity index (χ4n) is 1.88. The van der Waals surface area contributed by atoms with Crippen LogP contribution in [0.25, 0.3) is 0 Å². The highest BCUT2D eigenvalue weighted by atomic mass is 32.1. The molecule has 2 rings (SSSR count). The molecule has 19 heavy (non-hydrogen) atoms. The molecule has 0 saturated carbocycles. The van der Waals surface area contributed by atoms with E-state index in [4.69, 9.17) is 10.6 Å². The lowest BCUT2D eigenvalue weighted by molar-refractivity contribution is 0.379. The summed E-state index contributed by atoms with van der Waals surface area (Å²) in [6, 6.07) is 4.69. The highest BCUT2D eigenvalue weighted by Gasteiger charge is 2.19. The van der Waals surface area contributed by atoms with Crippen LogP contribution >= 0.6 is 11.3 Å². The molecule has 0 spiro atoms. The van der Waals surface area contributed by atoms with Crippen molar-refractivity contribution >= 4 is 11.3 Å². The van der Waals surface area contributed by atoms with Gasteiger partial charge in [-0.25, -0.2) is 9.37 Å². The zero-order chi connectivity index (χ0) is 13.8. The van der Waals surface area contributed by atoms with Crippen molar-refractivity contribution in [2.24, 2.45) is 5.84 Å². The largest absolute Gasteiger partial charge is 0.494 e. The van der Waals surface area contributed by atoms with Crippen LogP contribution < -0.4 is 16.0 Å². The highest BCUT2D eigenvalue weighted by molar-refractivity contribution is 7.09. The van der Waals surface area contributed by atoms with Crippen molar-refractivity contribution in [1.82, 2.24) is 10.4 Å². The van der Waals surface area contributed by atoms with Gasteiger partial charge in [0.2, 0.25) is 0 Å². The maximum atomic E-state index is 14.2. The third-order valence-electron chi connectivity index (χ3n) is 2.83. The van der Waals surface area contributed by atoms with Crippen molar-refractivity contribution in [3.8, 4) is 5.75 Å². The van der Waals surface area contributed by atoms with Gasteiger partial charge in [-0.2, -0.15) is 0 Å². The number of benzene rings is 1. The Bertz CT molecular complexity index is 559. The molecule has 1 heterocycles. The number of methoxy groups -OCH3 is 1. The molecular weight excluding hydrogens is 265 g/mol. The summed E-state index contributed by atoms with van der Waals surface area (Å²) in [5.74, 6) is 5.37. The van der Waals surface area contributed by atoms with Crippen LogP contribution in [0.5, 0.6) is 5.75 Å². The van der Waals surface area contributed by atoms with Gasteiger partial charge in [0, 0.05) is 23.1 Å². The van der Waals surface area contributed by atoms with Gasteiger partial charge in [0.25, 0.3) is 0 Å². The predicted molar refractivity (Wildman–Crippen MR) is 73.6 cm³/mol. The van der Waals surface area contributed by atoms with Crippen molar-refractivity contribution in [3.63, 3.8) is 0 Å². The summed E-state index contributed by atoms with van der Waals surface area (Å²) >= 11 is 1.54. The molecule has 0 fully saturated rings. The summed E-state index contributed by atoms with van der Waals surface area (Å²) < 4.78 is 19.2. The second-order valence-electron chi connectivity index (χ2n) is 4.17. The SMILES string of the molecule is COc1cccc(C(Cc2nc(C)cs2)NN)c1F. The summed E-state index contributed by atoms with van der Waals surface area (Å²) in [4.78, 5) is 4.37. The van der Waals surface area contributed by atoms with Gasteiger partial charge in [-0.15, -0.1) is 11.3 Å². The number of hydrogen-bond acceptors (Lipinski definition) is 5. The van der Waals surface area contributed by atoms with E-state index in [9.17, 15) is 4.39 Å². The third kappa shape index (κ3) is 3.09. The van der Waals surface area contributed by atoms with Crippen LogP contribution in [0.15, 0.2) is 23.6 Å². The van der Waals surface area contributed by atoms with E-state index in [1.54, 1.807) is 29.5 Å². The van der Waals surface area contributed by atoms with E-state index in [0.717, 1.165) is 10.7 Å². The van der Waals surface area contributed by atoms with Gasteiger partial charge in [0.1, 0.15) is 0 Å². The molecule has 1 unspecified atom stereocenters. The molecule has 0 aliphatic rings. The number of aryl methyl sites for hydroxylation is 1. The summed E-state index contributed by atoms with van der Waals surface area (Å²) in [5.41, 5.74) is 4.08. The Morgan fingerprint density at radius 3 is 2.89 bits per heavy atom. The van der Waals surface area contributed by atoms with Gasteiger partial charge in [-0.1, -0.05) is 12.1 Å². The Hall–Kier alpha value is -1.50. The van der Waals surface area contributed by atoms with Crippen molar-refractivity contribution < 1.29 is 9.13 Å². The zero-order valence-corrected chi connectivity index (χ0v) is 11.6. The highest BCUT2D eigenvalue weighted by Crippen LogP contribution is 2.27. The van der Waals surface area contributed by atoms with E-state index in [1.807, 2.05) is 12.3 Å². The summed E-state index contributed by atoms with van der Waals surface area (Å²) in [7, 11) is 1.44. The van der Waals surface area contributed by atoms with E-state index in [2.05, 4.69) is 10.4 Å². The van der Waals surface area contributed by atoms with Gasteiger partial charge in [-0.05, 0) is 13.0 Å². The van der Waals surface area contributed by atoms with E-state index >= 15 is 0 Å². The Kier molecular flexibility index (Phi) is 4.47. The average Bonchev–Trinajstić information content (AvgIpc) is 2.82. The predicted octanol–water partition coefficient (Wildman–Crippen LogP) is 2.35. The summed E-state index contributed by atoms with van der Waals surface area (Å²) in [5, 5.41) is 2.88. The number of nitrogens with one attached hydrogen (secondary N) is 1. The van der Waals surface area contributed by atoms with E-state index in [-0.39, 0.29) is 17.6 Å². The van der Waals surface area contributed by atoms with Crippen LogP contribution in [-0.2, 0) is 6.42 Å². The number of aromatic nitrogens is 1. The van der Waals surface area contributed by atoms with Crippen molar-refractivity contribution in [2.45, 2.75) is 19.4 Å². The topological polar surface area (TPSA) is 60.2 Å². The molecule has 1 aromatic heterocycles. The number of nitrogens with two attached hydrogens (primary N) is 1. The molecule has 1 atom stereocenters. The van der Waals surface area contributed by atoms with Crippen LogP contribution in [0.3, 0.4) is 0 Å². The zero-order valence-electron chi connectivity index (χ0n) is 10.8. The molecule has 0 bridgehead atoms. The Balaban J connectivity index is 2.26. The first-order chi connectivity index (χ1) is 9.15. The maximum Gasteiger partial charge on any atom is 0.169 e. The standard InChI is InChI=1S/C13H16FN3OS/c1-8-7-19-12(16-8)6-10(17-15)9-4-3-5-11(18-2)13(9)14/h3-5,7,10,17H,6,15H2,1-2H3. The molecule has 6 heteroatoms. The molecule has 0 amide bonds. The van der Waals surface area contributed by atoms with Crippen molar-refractivity contribution in [3.05, 3.63) is 45.7 Å². The van der Waals surface area contributed by atoms with Gasteiger partial charge < -0.3 is 4.74 Å². The first kappa shape index (κ1) is 13.9. The number of rotatable bonds is 5. The lowest BCUT2D eigenvalue weighted by Crippen LogP contribution is -2.30. The average molecular weight is 281 g/mol. The normalized spacial score (nSPS) is 12.4. The maximum absolute atomic E-state index is 14.2. The Labute approximate surface area is 115 Å². The molecule has 0 saturated heterocycles. The minimum absolute atomic E-state index is 0.216. The van der Waals surface area contributed by atoms with Crippen LogP contribution in [0.1, 0.15) is 22.3 Å². The summed E-state index contributed by atoms with van der Waals surface area (Å²) in [6.45, 7) is 1.93.